The monoisotopic (exact) mass is 505 g/mol. The van der Waals surface area contributed by atoms with E-state index in [2.05, 4.69) is 17.0 Å². The Morgan fingerprint density at radius 2 is 1.79 bits per heavy atom. The number of carbonyl (C=O) groups is 1. The Balaban J connectivity index is 2.31. The minimum absolute atomic E-state index is 0.0929. The van der Waals surface area contributed by atoms with Gasteiger partial charge in [0.2, 0.25) is 5.91 Å². The van der Waals surface area contributed by atoms with Gasteiger partial charge in [0, 0.05) is 31.1 Å². The average molecular weight is 506 g/mol. The fraction of sp³-hybridized carbons (Fsp3) is 0.217. The molecule has 34 heavy (non-hydrogen) atoms. The zero-order valence-electron chi connectivity index (χ0n) is 18.5. The largest absolute Gasteiger partial charge is 0.359 e. The van der Waals surface area contributed by atoms with Crippen molar-refractivity contribution in [3.05, 3.63) is 83.8 Å². The van der Waals surface area contributed by atoms with Crippen molar-refractivity contribution in [1.29, 1.82) is 0 Å². The molecule has 0 heterocycles. The summed E-state index contributed by atoms with van der Waals surface area (Å²) in [5.41, 5.74) is 1.11. The number of nitrogens with zero attached hydrogens (tertiary/aromatic N) is 2. The van der Waals surface area contributed by atoms with E-state index >= 15 is 0 Å². The molecule has 0 aliphatic heterocycles. The third-order valence-electron chi connectivity index (χ3n) is 4.84. The van der Waals surface area contributed by atoms with Gasteiger partial charge in [-0.25, -0.2) is 4.39 Å². The molecule has 0 saturated carbocycles. The quantitative estimate of drug-likeness (QED) is 0.219. The zero-order valence-corrected chi connectivity index (χ0v) is 19.3. The number of halogens is 6. The lowest BCUT2D eigenvalue weighted by Crippen LogP contribution is -2.47. The number of allylic oxidation sites excluding steroid dienone is 1. The molecule has 0 aliphatic carbocycles. The zero-order chi connectivity index (χ0) is 25.6. The molecule has 1 atom stereocenters. The van der Waals surface area contributed by atoms with Crippen molar-refractivity contribution in [3.63, 3.8) is 0 Å². The van der Waals surface area contributed by atoms with Crippen molar-refractivity contribution in [2.75, 3.05) is 18.5 Å². The van der Waals surface area contributed by atoms with Gasteiger partial charge in [0.25, 0.3) is 0 Å². The second-order valence-electron chi connectivity index (χ2n) is 7.46. The lowest BCUT2D eigenvalue weighted by atomic mass is 10.0. The number of rotatable bonds is 10. The molecule has 0 saturated heterocycles. The Bertz CT molecular complexity index is 1100. The Kier molecular flexibility index (Phi) is 7.61. The van der Waals surface area contributed by atoms with Gasteiger partial charge >= 0.3 is 10.2 Å². The van der Waals surface area contributed by atoms with Crippen molar-refractivity contribution in [2.24, 2.45) is 4.99 Å². The van der Waals surface area contributed by atoms with Crippen LogP contribution in [-0.2, 0) is 11.2 Å². The number of amides is 1. The molecule has 0 bridgehead atoms. The van der Waals surface area contributed by atoms with Crippen LogP contribution in [0.25, 0.3) is 0 Å². The Morgan fingerprint density at radius 3 is 2.32 bits per heavy atom. The molecule has 11 heteroatoms. The van der Waals surface area contributed by atoms with Crippen LogP contribution in [0.2, 0.25) is 0 Å². The first-order valence-electron chi connectivity index (χ1n) is 10.0. The molecule has 2 aromatic rings. The number of hydrogen-bond donors (Lipinski definition) is 1. The molecule has 0 fully saturated rings. The van der Waals surface area contributed by atoms with Crippen LogP contribution in [0.1, 0.15) is 12.5 Å². The maximum absolute atomic E-state index is 13.4. The molecule has 2 aromatic carbocycles. The first-order chi connectivity index (χ1) is 15.7. The van der Waals surface area contributed by atoms with E-state index in [9.17, 15) is 28.6 Å². The Hall–Kier alpha value is -3.21. The summed E-state index contributed by atoms with van der Waals surface area (Å²) in [5, 5.41) is 2.71. The first-order valence-corrected chi connectivity index (χ1v) is 12.0. The van der Waals surface area contributed by atoms with Crippen molar-refractivity contribution in [2.45, 2.75) is 24.3 Å². The lowest BCUT2D eigenvalue weighted by molar-refractivity contribution is -0.121. The summed E-state index contributed by atoms with van der Waals surface area (Å²) in [6.45, 7) is 5.22. The molecule has 0 radical (unpaired) electrons. The van der Waals surface area contributed by atoms with Crippen LogP contribution >= 0.6 is 10.2 Å². The third-order valence-corrected chi connectivity index (χ3v) is 6.01. The van der Waals surface area contributed by atoms with Gasteiger partial charge in [-0.2, -0.15) is 0 Å². The number of hydrogen-bond acceptors (Lipinski definition) is 3. The number of nitrogens with one attached hydrogen (secondary N) is 1. The summed E-state index contributed by atoms with van der Waals surface area (Å²) in [4.78, 5) is 16.1. The Morgan fingerprint density at radius 1 is 1.15 bits per heavy atom. The molecule has 4 nitrogen and oxygen atoms in total. The van der Waals surface area contributed by atoms with Crippen LogP contribution in [0.4, 0.5) is 29.5 Å². The van der Waals surface area contributed by atoms with Crippen molar-refractivity contribution in [3.8, 4) is 0 Å². The van der Waals surface area contributed by atoms with Gasteiger partial charge in [0.05, 0.1) is 0 Å². The normalized spacial score (nSPS) is 15.4. The molecule has 1 amide bonds. The summed E-state index contributed by atoms with van der Waals surface area (Å²) < 4.78 is 78.7. The van der Waals surface area contributed by atoms with Crippen LogP contribution in [0.15, 0.2) is 82.3 Å². The standard InChI is InChI=1S/C23H25F6N3OS/c1-4-6-18(16-30-2)22(23(33)31-14-13-17-7-5-8-19(24)15-17)32(3)20-9-11-21(12-10-20)34(25,26,27,28)29/h4-12,15-16,22H,2,13-14H2,1,3H3,(H,31,33)/b6-4-,18-16+. The van der Waals surface area contributed by atoms with Crippen LogP contribution in [0.5, 0.6) is 0 Å². The molecule has 0 aromatic heterocycles. The number of likely N-dealkylation sites (N-methyl/N-ethyl adjacent to an activating group) is 1. The van der Waals surface area contributed by atoms with E-state index in [0.717, 1.165) is 12.1 Å². The van der Waals surface area contributed by atoms with E-state index in [-0.39, 0.29) is 24.4 Å². The van der Waals surface area contributed by atoms with E-state index in [1.54, 1.807) is 31.2 Å². The van der Waals surface area contributed by atoms with E-state index in [1.165, 1.54) is 30.3 Å². The number of anilines is 1. The smallest absolute Gasteiger partial charge is 0.310 e. The number of benzene rings is 2. The van der Waals surface area contributed by atoms with Crippen molar-refractivity contribution >= 4 is 28.5 Å². The molecule has 1 unspecified atom stereocenters. The maximum atomic E-state index is 13.4. The van der Waals surface area contributed by atoms with Crippen LogP contribution < -0.4 is 10.2 Å². The van der Waals surface area contributed by atoms with Gasteiger partial charge in [-0.15, -0.1) is 0 Å². The summed E-state index contributed by atoms with van der Waals surface area (Å²) in [5.74, 6) is -0.935. The molecular weight excluding hydrogens is 480 g/mol. The van der Waals surface area contributed by atoms with Gasteiger partial charge in [-0.1, -0.05) is 43.7 Å². The fourth-order valence-corrected chi connectivity index (χ4v) is 3.91. The van der Waals surface area contributed by atoms with Crippen LogP contribution in [0.3, 0.4) is 0 Å². The molecule has 0 aliphatic rings. The highest BCUT2D eigenvalue weighted by molar-refractivity contribution is 8.45. The van der Waals surface area contributed by atoms with Gasteiger partial charge < -0.3 is 10.2 Å². The van der Waals surface area contributed by atoms with Crippen molar-refractivity contribution < 1.29 is 28.6 Å². The van der Waals surface area contributed by atoms with Gasteiger partial charge in [-0.3, -0.25) is 9.79 Å². The minimum atomic E-state index is -9.82. The number of aliphatic imine (C=N–C) groups is 1. The highest BCUT2D eigenvalue weighted by atomic mass is 32.5. The summed E-state index contributed by atoms with van der Waals surface area (Å²) in [6, 6.07) is 7.12. The molecule has 0 spiro atoms. The second kappa shape index (κ2) is 9.57. The van der Waals surface area contributed by atoms with Gasteiger partial charge in [0.15, 0.2) is 0 Å². The van der Waals surface area contributed by atoms with E-state index in [4.69, 9.17) is 0 Å². The molecule has 1 N–H and O–H groups in total. The summed E-state index contributed by atoms with van der Waals surface area (Å²) in [7, 11) is -8.39. The molecular formula is C23H25F6N3OS. The third kappa shape index (κ3) is 7.41. The highest BCUT2D eigenvalue weighted by Crippen LogP contribution is 3.02. The summed E-state index contributed by atoms with van der Waals surface area (Å²) >= 11 is 0. The average Bonchev–Trinajstić information content (AvgIpc) is 2.73. The first kappa shape index (κ1) is 27.0. The SMILES string of the molecule is C=N/C=C(\C=C/C)C(C(=O)NCCc1cccc(F)c1)N(C)c1ccc(S(F)(F)(F)(F)F)cc1. The number of carbonyl (C=O) groups excluding carboxylic acids is 1. The second-order valence-corrected chi connectivity index (χ2v) is 9.87. The lowest BCUT2D eigenvalue weighted by Gasteiger charge is -2.40. The molecule has 186 valence electrons. The van der Waals surface area contributed by atoms with E-state index in [1.807, 2.05) is 0 Å². The van der Waals surface area contributed by atoms with E-state index in [0.29, 0.717) is 17.6 Å². The van der Waals surface area contributed by atoms with Crippen LogP contribution in [0, 0.1) is 5.82 Å². The molecule has 2 rings (SSSR count). The highest BCUT2D eigenvalue weighted by Gasteiger charge is 2.65. The fourth-order valence-electron chi connectivity index (χ4n) is 3.26. The minimum Gasteiger partial charge on any atom is -0.359 e. The van der Waals surface area contributed by atoms with Crippen LogP contribution in [-0.4, -0.2) is 32.3 Å². The maximum Gasteiger partial charge on any atom is 0.310 e. The summed E-state index contributed by atoms with van der Waals surface area (Å²) in [6.07, 6.45) is 4.86. The van der Waals surface area contributed by atoms with Crippen molar-refractivity contribution in [1.82, 2.24) is 5.32 Å². The van der Waals surface area contributed by atoms with Gasteiger partial charge in [0.1, 0.15) is 16.8 Å². The Labute approximate surface area is 194 Å². The predicted molar refractivity (Wildman–Crippen MR) is 126 cm³/mol. The predicted octanol–water partition coefficient (Wildman–Crippen LogP) is 6.81. The van der Waals surface area contributed by atoms with Gasteiger partial charge in [-0.05, 0) is 62.0 Å². The van der Waals surface area contributed by atoms with E-state index < -0.39 is 32.9 Å². The topological polar surface area (TPSA) is 44.7 Å².